The van der Waals surface area contributed by atoms with E-state index in [4.69, 9.17) is 5.26 Å². The number of hydrogen-bond acceptors (Lipinski definition) is 6. The number of fused-ring (bicyclic) bond motifs is 1. The molecular weight excluding hydrogens is 250 g/mol. The minimum Gasteiger partial charge on any atom is -0.465 e. The lowest BCUT2D eigenvalue weighted by atomic mass is 10.1. The molecule has 0 amide bonds. The molecule has 0 aromatic carbocycles. The predicted molar refractivity (Wildman–Crippen MR) is 62.6 cm³/mol. The number of carbonyl (C=O) groups is 2. The van der Waals surface area contributed by atoms with Gasteiger partial charge >= 0.3 is 11.9 Å². The molecule has 0 unspecified atom stereocenters. The molecule has 2 rings (SSSR count). The maximum Gasteiger partial charge on any atom is 0.359 e. The number of esters is 2. The van der Waals surface area contributed by atoms with Gasteiger partial charge < -0.3 is 9.47 Å². The van der Waals surface area contributed by atoms with E-state index in [9.17, 15) is 9.59 Å². The molecule has 2 aromatic rings. The zero-order valence-electron chi connectivity index (χ0n) is 10.2. The van der Waals surface area contributed by atoms with Crippen molar-refractivity contribution < 1.29 is 19.1 Å². The number of hydrogen-bond donors (Lipinski definition) is 0. The van der Waals surface area contributed by atoms with Gasteiger partial charge in [0, 0.05) is 6.20 Å². The summed E-state index contributed by atoms with van der Waals surface area (Å²) in [6.07, 6.45) is 1.48. The van der Waals surface area contributed by atoms with Crippen molar-refractivity contribution in [2.24, 2.45) is 0 Å². The normalized spacial score (nSPS) is 9.95. The molecule has 2 heterocycles. The highest BCUT2D eigenvalue weighted by molar-refractivity contribution is 6.07. The first-order valence-corrected chi connectivity index (χ1v) is 5.21. The molecule has 0 N–H and O–H groups in total. The minimum atomic E-state index is -0.748. The smallest absolute Gasteiger partial charge is 0.359 e. The molecule has 96 valence electrons. The van der Waals surface area contributed by atoms with Crippen molar-refractivity contribution >= 4 is 17.5 Å². The quantitative estimate of drug-likeness (QED) is 0.740. The molecule has 0 aliphatic carbocycles. The molecule has 7 nitrogen and oxygen atoms in total. The Morgan fingerprint density at radius 2 is 2.00 bits per heavy atom. The molecule has 0 atom stereocenters. The number of carbonyl (C=O) groups excluding carboxylic acids is 2. The van der Waals surface area contributed by atoms with Crippen LogP contribution in [-0.2, 0) is 9.47 Å². The maximum atomic E-state index is 11.8. The molecule has 0 saturated heterocycles. The van der Waals surface area contributed by atoms with Crippen LogP contribution in [0.5, 0.6) is 0 Å². The predicted octanol–water partition coefficient (Wildman–Crippen LogP) is 0.779. The minimum absolute atomic E-state index is 0.0218. The average molecular weight is 259 g/mol. The molecule has 0 radical (unpaired) electrons. The second kappa shape index (κ2) is 4.78. The summed E-state index contributed by atoms with van der Waals surface area (Å²) in [4.78, 5) is 23.4. The summed E-state index contributed by atoms with van der Waals surface area (Å²) in [5.41, 5.74) is 0.483. The highest BCUT2D eigenvalue weighted by Crippen LogP contribution is 2.19. The Kier molecular flexibility index (Phi) is 3.16. The van der Waals surface area contributed by atoms with Crippen LogP contribution in [0.15, 0.2) is 18.3 Å². The van der Waals surface area contributed by atoms with Gasteiger partial charge in [-0.3, -0.25) is 0 Å². The topological polar surface area (TPSA) is 93.7 Å². The summed E-state index contributed by atoms with van der Waals surface area (Å²) >= 11 is 0. The van der Waals surface area contributed by atoms with Crippen molar-refractivity contribution in [3.8, 4) is 6.07 Å². The Balaban J connectivity index is 2.79. The van der Waals surface area contributed by atoms with Crippen molar-refractivity contribution in [3.63, 3.8) is 0 Å². The van der Waals surface area contributed by atoms with Crippen molar-refractivity contribution in [2.75, 3.05) is 14.2 Å². The zero-order chi connectivity index (χ0) is 14.0. The third kappa shape index (κ3) is 1.99. The first kappa shape index (κ1) is 12.6. The Hall–Kier alpha value is -2.88. The van der Waals surface area contributed by atoms with E-state index < -0.39 is 11.9 Å². The lowest BCUT2D eigenvalue weighted by molar-refractivity contribution is 0.0553. The van der Waals surface area contributed by atoms with Crippen LogP contribution in [0.2, 0.25) is 0 Å². The fourth-order valence-electron chi connectivity index (χ4n) is 1.66. The molecule has 2 aromatic heterocycles. The lowest BCUT2D eigenvalue weighted by Gasteiger charge is -1.99. The van der Waals surface area contributed by atoms with E-state index in [1.165, 1.54) is 37.1 Å². The summed E-state index contributed by atoms with van der Waals surface area (Å²) in [5.74, 6) is -1.46. The van der Waals surface area contributed by atoms with Gasteiger partial charge in [-0.25, -0.2) is 14.1 Å². The number of aromatic nitrogens is 2. The van der Waals surface area contributed by atoms with Gasteiger partial charge in [0.2, 0.25) is 0 Å². The standard InChI is InChI=1S/C12H9N3O4/c1-18-11(16)9-8-5-7(6-13)3-4-15(8)14-10(9)12(17)19-2/h3-5H,1-2H3. The number of methoxy groups -OCH3 is 2. The van der Waals surface area contributed by atoms with Crippen molar-refractivity contribution in [2.45, 2.75) is 0 Å². The van der Waals surface area contributed by atoms with Crippen LogP contribution in [0.3, 0.4) is 0 Å². The third-order valence-electron chi connectivity index (χ3n) is 2.53. The summed E-state index contributed by atoms with van der Waals surface area (Å²) in [5, 5.41) is 12.8. The number of nitrogens with zero attached hydrogens (tertiary/aromatic N) is 3. The van der Waals surface area contributed by atoms with Crippen LogP contribution >= 0.6 is 0 Å². The van der Waals surface area contributed by atoms with Crippen molar-refractivity contribution in [3.05, 3.63) is 35.2 Å². The molecule has 0 aliphatic rings. The molecular formula is C12H9N3O4. The highest BCUT2D eigenvalue weighted by atomic mass is 16.5. The molecule has 0 saturated carbocycles. The van der Waals surface area contributed by atoms with E-state index in [2.05, 4.69) is 14.6 Å². The molecule has 7 heteroatoms. The fraction of sp³-hybridized carbons (Fsp3) is 0.167. The average Bonchev–Trinajstić information content (AvgIpc) is 2.83. The van der Waals surface area contributed by atoms with Crippen LogP contribution in [0.4, 0.5) is 0 Å². The van der Waals surface area contributed by atoms with Gasteiger partial charge in [0.25, 0.3) is 0 Å². The van der Waals surface area contributed by atoms with E-state index in [0.717, 1.165) is 0 Å². The van der Waals surface area contributed by atoms with Crippen molar-refractivity contribution in [1.82, 2.24) is 9.61 Å². The lowest BCUT2D eigenvalue weighted by Crippen LogP contribution is -2.10. The largest absolute Gasteiger partial charge is 0.465 e. The summed E-state index contributed by atoms with van der Waals surface area (Å²) in [6, 6.07) is 4.91. The van der Waals surface area contributed by atoms with Gasteiger partial charge in [-0.05, 0) is 12.1 Å². The number of ether oxygens (including phenoxy) is 2. The summed E-state index contributed by atoms with van der Waals surface area (Å²) in [7, 11) is 2.38. The van der Waals surface area contributed by atoms with Gasteiger partial charge in [-0.1, -0.05) is 0 Å². The SMILES string of the molecule is COC(=O)c1nn2ccc(C#N)cc2c1C(=O)OC. The molecule has 0 spiro atoms. The maximum absolute atomic E-state index is 11.8. The molecule has 0 fully saturated rings. The Bertz CT molecular complexity index is 712. The Morgan fingerprint density at radius 1 is 1.32 bits per heavy atom. The van der Waals surface area contributed by atoms with Gasteiger partial charge in [0.1, 0.15) is 5.56 Å². The van der Waals surface area contributed by atoms with Gasteiger partial charge in [-0.15, -0.1) is 0 Å². The van der Waals surface area contributed by atoms with E-state index in [0.29, 0.717) is 11.1 Å². The van der Waals surface area contributed by atoms with Gasteiger partial charge in [0.15, 0.2) is 5.69 Å². The van der Waals surface area contributed by atoms with Crippen LogP contribution < -0.4 is 0 Å². The third-order valence-corrected chi connectivity index (χ3v) is 2.53. The first-order valence-electron chi connectivity index (χ1n) is 5.21. The van der Waals surface area contributed by atoms with Crippen molar-refractivity contribution in [1.29, 1.82) is 5.26 Å². The monoisotopic (exact) mass is 259 g/mol. The van der Waals surface area contributed by atoms with E-state index in [1.807, 2.05) is 6.07 Å². The first-order chi connectivity index (χ1) is 9.12. The number of nitriles is 1. The second-order valence-electron chi connectivity index (χ2n) is 3.56. The number of pyridine rings is 1. The van der Waals surface area contributed by atoms with Crippen LogP contribution in [0.1, 0.15) is 26.4 Å². The number of rotatable bonds is 2. The molecule has 19 heavy (non-hydrogen) atoms. The van der Waals surface area contributed by atoms with E-state index in [1.54, 1.807) is 0 Å². The van der Waals surface area contributed by atoms with E-state index in [-0.39, 0.29) is 11.3 Å². The van der Waals surface area contributed by atoms with Gasteiger partial charge in [0.05, 0.1) is 31.4 Å². The van der Waals surface area contributed by atoms with Gasteiger partial charge in [-0.2, -0.15) is 10.4 Å². The van der Waals surface area contributed by atoms with Crippen LogP contribution in [-0.4, -0.2) is 35.8 Å². The highest BCUT2D eigenvalue weighted by Gasteiger charge is 2.26. The fourth-order valence-corrected chi connectivity index (χ4v) is 1.66. The van der Waals surface area contributed by atoms with E-state index >= 15 is 0 Å². The van der Waals surface area contributed by atoms with Crippen LogP contribution in [0.25, 0.3) is 5.52 Å². The molecule has 0 bridgehead atoms. The molecule has 0 aliphatic heterocycles. The van der Waals surface area contributed by atoms with Crippen LogP contribution in [0, 0.1) is 11.3 Å². The second-order valence-corrected chi connectivity index (χ2v) is 3.56. The zero-order valence-corrected chi connectivity index (χ0v) is 10.2. The summed E-state index contributed by atoms with van der Waals surface area (Å²) in [6.45, 7) is 0. The Morgan fingerprint density at radius 3 is 2.58 bits per heavy atom. The summed E-state index contributed by atoms with van der Waals surface area (Å²) < 4.78 is 10.5. The Labute approximate surface area is 108 Å².